The molecule has 0 aliphatic carbocycles. The second kappa shape index (κ2) is 7.62. The molecular weight excluding hydrogens is 447 g/mol. The second-order valence-electron chi connectivity index (χ2n) is 9.76. The Morgan fingerprint density at radius 1 is 1.06 bits per heavy atom. The van der Waals surface area contributed by atoms with Crippen molar-refractivity contribution in [3.05, 3.63) is 77.9 Å². The van der Waals surface area contributed by atoms with Crippen molar-refractivity contribution in [2.24, 2.45) is 11.8 Å². The molecule has 6 nitrogen and oxygen atoms in total. The Morgan fingerprint density at radius 2 is 1.83 bits per heavy atom. The number of hydrogen-bond acceptors (Lipinski definition) is 4. The summed E-state index contributed by atoms with van der Waals surface area (Å²) in [7, 11) is 0. The standard InChI is InChI=1S/C28H23FN2O4/c1-27-12-13-28(35-27,14-15-34-18-7-5-6-17(29)16-18)24-23(27)25(32)31(26(24)33)22-11-10-21(30-2)19-8-3-4-9-20(19)22/h3-11,16,23-24H,12-15H2,1H3/t23-,24+,27?,28?/m1/s1. The summed E-state index contributed by atoms with van der Waals surface area (Å²) in [6.07, 6.45) is 1.75. The van der Waals surface area contributed by atoms with E-state index in [1.54, 1.807) is 24.3 Å². The van der Waals surface area contributed by atoms with Crippen molar-refractivity contribution in [3.8, 4) is 5.75 Å². The number of imide groups is 1. The van der Waals surface area contributed by atoms with Gasteiger partial charge in [0, 0.05) is 12.5 Å². The van der Waals surface area contributed by atoms with Crippen molar-refractivity contribution < 1.29 is 23.5 Å². The molecule has 2 amide bonds. The first kappa shape index (κ1) is 21.8. The molecule has 0 spiro atoms. The van der Waals surface area contributed by atoms with E-state index in [9.17, 15) is 14.0 Å². The molecule has 176 valence electrons. The Morgan fingerprint density at radius 3 is 2.60 bits per heavy atom. The van der Waals surface area contributed by atoms with Gasteiger partial charge in [0.25, 0.3) is 0 Å². The van der Waals surface area contributed by atoms with Crippen LogP contribution in [0.25, 0.3) is 15.6 Å². The van der Waals surface area contributed by atoms with Crippen molar-refractivity contribution in [1.82, 2.24) is 0 Å². The van der Waals surface area contributed by atoms with E-state index in [4.69, 9.17) is 16.0 Å². The maximum atomic E-state index is 13.9. The quantitative estimate of drug-likeness (QED) is 0.369. The van der Waals surface area contributed by atoms with Crippen LogP contribution < -0.4 is 9.64 Å². The molecule has 35 heavy (non-hydrogen) atoms. The van der Waals surface area contributed by atoms with Gasteiger partial charge >= 0.3 is 0 Å². The first-order valence-electron chi connectivity index (χ1n) is 11.7. The van der Waals surface area contributed by atoms with Crippen molar-refractivity contribution >= 4 is 34.0 Å². The summed E-state index contributed by atoms with van der Waals surface area (Å²) in [5, 5.41) is 1.41. The van der Waals surface area contributed by atoms with Gasteiger partial charge in [0.05, 0.1) is 41.9 Å². The highest BCUT2D eigenvalue weighted by Gasteiger charge is 2.73. The Bertz CT molecular complexity index is 1430. The highest BCUT2D eigenvalue weighted by Crippen LogP contribution is 2.62. The van der Waals surface area contributed by atoms with Gasteiger partial charge < -0.3 is 9.47 Å². The minimum atomic E-state index is -0.805. The zero-order valence-corrected chi connectivity index (χ0v) is 19.2. The Hall–Kier alpha value is -3.76. The van der Waals surface area contributed by atoms with Crippen molar-refractivity contribution in [2.75, 3.05) is 11.5 Å². The lowest BCUT2D eigenvalue weighted by Crippen LogP contribution is -2.43. The van der Waals surface area contributed by atoms with Crippen molar-refractivity contribution in [1.29, 1.82) is 0 Å². The van der Waals surface area contributed by atoms with Crippen LogP contribution in [0.15, 0.2) is 60.7 Å². The molecule has 3 aliphatic rings. The predicted octanol–water partition coefficient (Wildman–Crippen LogP) is 5.43. The fourth-order valence-corrected chi connectivity index (χ4v) is 6.31. The number of carbonyl (C=O) groups excluding carboxylic acids is 2. The van der Waals surface area contributed by atoms with Gasteiger partial charge in [-0.25, -0.2) is 14.1 Å². The van der Waals surface area contributed by atoms with Crippen LogP contribution in [0.3, 0.4) is 0 Å². The lowest BCUT2D eigenvalue weighted by molar-refractivity contribution is -0.131. The Balaban J connectivity index is 1.34. The van der Waals surface area contributed by atoms with E-state index in [2.05, 4.69) is 4.85 Å². The van der Waals surface area contributed by atoms with Gasteiger partial charge in [-0.2, -0.15) is 0 Å². The van der Waals surface area contributed by atoms with Gasteiger partial charge in [-0.15, -0.1) is 0 Å². The van der Waals surface area contributed by atoms with Gasteiger partial charge in [-0.1, -0.05) is 36.4 Å². The number of nitrogens with zero attached hydrogens (tertiary/aromatic N) is 2. The molecule has 6 rings (SSSR count). The van der Waals surface area contributed by atoms with Crippen LogP contribution in [-0.4, -0.2) is 29.6 Å². The summed E-state index contributed by atoms with van der Waals surface area (Å²) in [6.45, 7) is 9.63. The van der Waals surface area contributed by atoms with Gasteiger partial charge in [0.2, 0.25) is 11.8 Å². The average molecular weight is 471 g/mol. The van der Waals surface area contributed by atoms with Crippen LogP contribution in [0.2, 0.25) is 0 Å². The summed E-state index contributed by atoms with van der Waals surface area (Å²) >= 11 is 0. The molecule has 7 heteroatoms. The summed E-state index contributed by atoms with van der Waals surface area (Å²) in [4.78, 5) is 32.5. The monoisotopic (exact) mass is 470 g/mol. The molecule has 2 bridgehead atoms. The highest BCUT2D eigenvalue weighted by atomic mass is 19.1. The molecule has 3 aromatic rings. The molecule has 0 radical (unpaired) electrons. The Kier molecular flexibility index (Phi) is 4.74. The molecule has 2 unspecified atom stereocenters. The first-order valence-corrected chi connectivity index (χ1v) is 11.7. The number of amides is 2. The summed E-state index contributed by atoms with van der Waals surface area (Å²) < 4.78 is 25.8. The van der Waals surface area contributed by atoms with Crippen LogP contribution >= 0.6 is 0 Å². The van der Waals surface area contributed by atoms with Gasteiger partial charge in [0.1, 0.15) is 11.6 Å². The van der Waals surface area contributed by atoms with Gasteiger partial charge in [-0.05, 0) is 48.7 Å². The normalized spacial score (nSPS) is 29.0. The number of anilines is 1. The zero-order valence-electron chi connectivity index (χ0n) is 19.2. The maximum absolute atomic E-state index is 13.9. The molecule has 3 saturated heterocycles. The summed E-state index contributed by atoms with van der Waals surface area (Å²) in [5.74, 6) is -1.67. The van der Waals surface area contributed by atoms with E-state index < -0.39 is 23.0 Å². The Labute approximate surface area is 202 Å². The van der Waals surface area contributed by atoms with Crippen LogP contribution in [0.1, 0.15) is 26.2 Å². The highest BCUT2D eigenvalue weighted by molar-refractivity contribution is 6.26. The molecule has 0 saturated carbocycles. The fraction of sp³-hybridized carbons (Fsp3) is 0.321. The van der Waals surface area contributed by atoms with Crippen LogP contribution in [0, 0.1) is 24.2 Å². The topological polar surface area (TPSA) is 60.2 Å². The molecule has 3 heterocycles. The number of carbonyl (C=O) groups is 2. The van der Waals surface area contributed by atoms with Gasteiger partial charge in [-0.3, -0.25) is 9.59 Å². The lowest BCUT2D eigenvalue weighted by atomic mass is 9.67. The molecule has 0 aromatic heterocycles. The van der Waals surface area contributed by atoms with E-state index in [0.29, 0.717) is 47.2 Å². The predicted molar refractivity (Wildman–Crippen MR) is 128 cm³/mol. The number of halogens is 1. The molecule has 0 N–H and O–H groups in total. The van der Waals surface area contributed by atoms with E-state index in [1.807, 2.05) is 31.2 Å². The molecular formula is C28H23FN2O4. The molecule has 3 fully saturated rings. The third-order valence-electron chi connectivity index (χ3n) is 7.84. The van der Waals surface area contributed by atoms with E-state index in [-0.39, 0.29) is 24.2 Å². The van der Waals surface area contributed by atoms with Crippen LogP contribution in [-0.2, 0) is 14.3 Å². The minimum Gasteiger partial charge on any atom is -0.493 e. The van der Waals surface area contributed by atoms with Crippen molar-refractivity contribution in [2.45, 2.75) is 37.4 Å². The third-order valence-corrected chi connectivity index (χ3v) is 7.84. The number of rotatable bonds is 5. The lowest BCUT2D eigenvalue weighted by Gasteiger charge is -2.31. The number of ether oxygens (including phenoxy) is 2. The van der Waals surface area contributed by atoms with Gasteiger partial charge in [0.15, 0.2) is 5.69 Å². The summed E-state index contributed by atoms with van der Waals surface area (Å²) in [5.41, 5.74) is -0.547. The van der Waals surface area contributed by atoms with E-state index in [1.165, 1.54) is 17.0 Å². The zero-order chi connectivity index (χ0) is 24.4. The summed E-state index contributed by atoms with van der Waals surface area (Å²) in [6, 6.07) is 16.6. The van der Waals surface area contributed by atoms with E-state index >= 15 is 0 Å². The van der Waals surface area contributed by atoms with Crippen molar-refractivity contribution in [3.63, 3.8) is 0 Å². The van der Waals surface area contributed by atoms with E-state index in [0.717, 1.165) is 0 Å². The largest absolute Gasteiger partial charge is 0.493 e. The van der Waals surface area contributed by atoms with Crippen LogP contribution in [0.4, 0.5) is 15.8 Å². The second-order valence-corrected chi connectivity index (χ2v) is 9.76. The minimum absolute atomic E-state index is 0.243. The SMILES string of the molecule is [C-]#[N+]c1ccc(N2C(=O)[C@@H]3[C@H](C2=O)C2(C)CCC3(CCOc3cccc(F)c3)O2)c2ccccc12. The molecule has 3 aliphatic heterocycles. The number of fused-ring (bicyclic) bond motifs is 6. The number of hydrogen-bond donors (Lipinski definition) is 0. The first-order chi connectivity index (χ1) is 16.9. The third kappa shape index (κ3) is 3.10. The smallest absolute Gasteiger partial charge is 0.240 e. The van der Waals surface area contributed by atoms with Crippen LogP contribution in [0.5, 0.6) is 5.75 Å². The molecule has 3 aromatic carbocycles. The average Bonchev–Trinajstić information content (AvgIpc) is 3.43. The maximum Gasteiger partial charge on any atom is 0.240 e. The molecule has 4 atom stereocenters. The number of benzene rings is 3. The fourth-order valence-electron chi connectivity index (χ4n) is 6.31.